The minimum absolute atomic E-state index is 0.306. The second kappa shape index (κ2) is 6.56. The van der Waals surface area contributed by atoms with E-state index in [0.717, 1.165) is 0 Å². The van der Waals surface area contributed by atoms with Crippen molar-refractivity contribution in [2.75, 3.05) is 40.8 Å². The largest absolute Gasteiger partial charge is 0.480 e. The molecule has 6 heteroatoms. The van der Waals surface area contributed by atoms with Crippen molar-refractivity contribution in [1.82, 2.24) is 9.80 Å². The molecule has 0 aliphatic heterocycles. The van der Waals surface area contributed by atoms with E-state index in [-0.39, 0.29) is 12.5 Å². The van der Waals surface area contributed by atoms with Crippen molar-refractivity contribution in [3.63, 3.8) is 0 Å². The van der Waals surface area contributed by atoms with Crippen molar-refractivity contribution < 1.29 is 19.4 Å². The van der Waals surface area contributed by atoms with Gasteiger partial charge in [0.2, 0.25) is 0 Å². The van der Waals surface area contributed by atoms with Gasteiger partial charge in [-0.1, -0.05) is 0 Å². The lowest BCUT2D eigenvalue weighted by Crippen LogP contribution is -2.50. The van der Waals surface area contributed by atoms with Crippen molar-refractivity contribution >= 4 is 11.9 Å². The number of aliphatic carboxylic acids is 1. The van der Waals surface area contributed by atoms with Gasteiger partial charge in [0.1, 0.15) is 12.1 Å². The molecule has 0 spiro atoms. The van der Waals surface area contributed by atoms with Gasteiger partial charge in [-0.25, -0.2) is 0 Å². The highest BCUT2D eigenvalue weighted by atomic mass is 16.5. The molecule has 0 aromatic carbocycles. The topological polar surface area (TPSA) is 70.1 Å². The monoisotopic (exact) mass is 246 g/mol. The fraction of sp³-hybridized carbons (Fsp3) is 0.818. The van der Waals surface area contributed by atoms with Gasteiger partial charge in [0.15, 0.2) is 0 Å². The fourth-order valence-corrected chi connectivity index (χ4v) is 1.20. The van der Waals surface area contributed by atoms with Gasteiger partial charge in [-0.15, -0.1) is 0 Å². The van der Waals surface area contributed by atoms with E-state index in [4.69, 9.17) is 9.84 Å². The molecule has 1 amide bonds. The Morgan fingerprint density at radius 2 is 1.76 bits per heavy atom. The number of carbonyl (C=O) groups excluding carboxylic acids is 1. The Morgan fingerprint density at radius 3 is 2.12 bits per heavy atom. The van der Waals surface area contributed by atoms with Gasteiger partial charge in [-0.2, -0.15) is 0 Å². The summed E-state index contributed by atoms with van der Waals surface area (Å²) in [6.45, 7) is 3.92. The number of amides is 1. The Kier molecular flexibility index (Phi) is 6.12. The molecule has 0 aliphatic carbocycles. The first-order valence-electron chi connectivity index (χ1n) is 5.41. The van der Waals surface area contributed by atoms with Crippen LogP contribution in [0.15, 0.2) is 0 Å². The molecule has 0 aliphatic rings. The zero-order chi connectivity index (χ0) is 13.6. The average molecular weight is 246 g/mol. The minimum Gasteiger partial charge on any atom is -0.480 e. The van der Waals surface area contributed by atoms with E-state index in [9.17, 15) is 9.59 Å². The second-order valence-corrected chi connectivity index (χ2v) is 4.64. The number of carboxylic acids is 1. The van der Waals surface area contributed by atoms with Gasteiger partial charge in [-0.05, 0) is 27.9 Å². The maximum atomic E-state index is 12.1. The van der Waals surface area contributed by atoms with Crippen LogP contribution in [0, 0.1) is 0 Å². The predicted octanol–water partition coefficient (Wildman–Crippen LogP) is -0.114. The number of carboxylic acid groups (broad SMARTS) is 1. The molecule has 1 N–H and O–H groups in total. The second-order valence-electron chi connectivity index (χ2n) is 4.64. The molecule has 0 rings (SSSR count). The Bertz CT molecular complexity index is 277. The van der Waals surface area contributed by atoms with Crippen LogP contribution in [0.25, 0.3) is 0 Å². The summed E-state index contributed by atoms with van der Waals surface area (Å²) in [7, 11) is 5.17. The van der Waals surface area contributed by atoms with Gasteiger partial charge in [0, 0.05) is 20.2 Å². The van der Waals surface area contributed by atoms with Crippen molar-refractivity contribution in [2.24, 2.45) is 0 Å². The maximum absolute atomic E-state index is 12.1. The smallest absolute Gasteiger partial charge is 0.323 e. The zero-order valence-corrected chi connectivity index (χ0v) is 11.2. The third kappa shape index (κ3) is 5.65. The predicted molar refractivity (Wildman–Crippen MR) is 63.9 cm³/mol. The van der Waals surface area contributed by atoms with Crippen molar-refractivity contribution in [1.29, 1.82) is 0 Å². The molecular weight excluding hydrogens is 224 g/mol. The lowest BCUT2D eigenvalue weighted by molar-refractivity contribution is -0.156. The van der Waals surface area contributed by atoms with Crippen LogP contribution in [0.3, 0.4) is 0 Å². The summed E-state index contributed by atoms with van der Waals surface area (Å²) >= 11 is 0. The lowest BCUT2D eigenvalue weighted by Gasteiger charge is -2.30. The molecule has 100 valence electrons. The number of hydrogen-bond acceptors (Lipinski definition) is 4. The lowest BCUT2D eigenvalue weighted by atomic mass is 10.1. The molecule has 0 saturated carbocycles. The summed E-state index contributed by atoms with van der Waals surface area (Å²) in [5.74, 6) is -1.34. The van der Waals surface area contributed by atoms with Crippen LogP contribution >= 0.6 is 0 Å². The summed E-state index contributed by atoms with van der Waals surface area (Å²) in [4.78, 5) is 26.0. The van der Waals surface area contributed by atoms with Gasteiger partial charge >= 0.3 is 5.97 Å². The summed E-state index contributed by atoms with van der Waals surface area (Å²) in [5.41, 5.74) is -0.998. The van der Waals surface area contributed by atoms with E-state index < -0.39 is 11.6 Å². The van der Waals surface area contributed by atoms with Crippen molar-refractivity contribution in [3.8, 4) is 0 Å². The van der Waals surface area contributed by atoms with Gasteiger partial charge < -0.3 is 19.6 Å². The highest BCUT2D eigenvalue weighted by molar-refractivity contribution is 5.87. The average Bonchev–Trinajstić information content (AvgIpc) is 2.22. The molecule has 0 bridgehead atoms. The maximum Gasteiger partial charge on any atom is 0.323 e. The third-order valence-electron chi connectivity index (χ3n) is 2.46. The molecule has 6 nitrogen and oxygen atoms in total. The third-order valence-corrected chi connectivity index (χ3v) is 2.46. The fourth-order valence-electron chi connectivity index (χ4n) is 1.20. The SMILES string of the molecule is COC(C)(C)C(=O)N(CCN(C)C)CC(=O)O. The molecule has 0 radical (unpaired) electrons. The summed E-state index contributed by atoms with van der Waals surface area (Å²) < 4.78 is 5.07. The van der Waals surface area contributed by atoms with E-state index in [1.54, 1.807) is 13.8 Å². The first-order valence-corrected chi connectivity index (χ1v) is 5.41. The standard InChI is InChI=1S/C11H22N2O4/c1-11(2,17-5)10(16)13(8-9(14)15)7-6-12(3)4/h6-8H2,1-5H3,(H,14,15). The molecule has 0 saturated heterocycles. The number of carbonyl (C=O) groups is 2. The molecule has 17 heavy (non-hydrogen) atoms. The number of methoxy groups -OCH3 is 1. The van der Waals surface area contributed by atoms with Crippen LogP contribution in [0.5, 0.6) is 0 Å². The van der Waals surface area contributed by atoms with E-state index in [1.807, 2.05) is 19.0 Å². The Labute approximate surface area is 102 Å². The first-order chi connectivity index (χ1) is 7.70. The van der Waals surface area contributed by atoms with E-state index in [2.05, 4.69) is 0 Å². The molecule has 0 heterocycles. The highest BCUT2D eigenvalue weighted by Gasteiger charge is 2.32. The Hall–Kier alpha value is -1.14. The van der Waals surface area contributed by atoms with Crippen LogP contribution in [-0.4, -0.2) is 73.2 Å². The van der Waals surface area contributed by atoms with E-state index in [1.165, 1.54) is 12.0 Å². The molecule has 0 aromatic rings. The van der Waals surface area contributed by atoms with Crippen molar-refractivity contribution in [2.45, 2.75) is 19.4 Å². The molecular formula is C11H22N2O4. The quantitative estimate of drug-likeness (QED) is 0.678. The van der Waals surface area contributed by atoms with Gasteiger partial charge in [-0.3, -0.25) is 9.59 Å². The first kappa shape index (κ1) is 15.9. The zero-order valence-electron chi connectivity index (χ0n) is 11.2. The van der Waals surface area contributed by atoms with Crippen LogP contribution < -0.4 is 0 Å². The number of nitrogens with zero attached hydrogens (tertiary/aromatic N) is 2. The minimum atomic E-state index is -1.02. The van der Waals surface area contributed by atoms with Crippen LogP contribution in [-0.2, 0) is 14.3 Å². The Balaban J connectivity index is 4.67. The van der Waals surface area contributed by atoms with Crippen molar-refractivity contribution in [3.05, 3.63) is 0 Å². The Morgan fingerprint density at radius 1 is 1.24 bits per heavy atom. The summed E-state index contributed by atoms with van der Waals surface area (Å²) in [6.07, 6.45) is 0. The summed E-state index contributed by atoms with van der Waals surface area (Å²) in [6, 6.07) is 0. The number of ether oxygens (including phenoxy) is 1. The molecule has 0 unspecified atom stereocenters. The number of rotatable bonds is 7. The highest BCUT2D eigenvalue weighted by Crippen LogP contribution is 2.12. The number of hydrogen-bond donors (Lipinski definition) is 1. The van der Waals surface area contributed by atoms with E-state index >= 15 is 0 Å². The summed E-state index contributed by atoms with van der Waals surface area (Å²) in [5, 5.41) is 8.79. The van der Waals surface area contributed by atoms with Crippen LogP contribution in [0.2, 0.25) is 0 Å². The molecule has 0 aromatic heterocycles. The van der Waals surface area contributed by atoms with Crippen LogP contribution in [0.4, 0.5) is 0 Å². The van der Waals surface area contributed by atoms with Gasteiger partial charge in [0.05, 0.1) is 0 Å². The van der Waals surface area contributed by atoms with Crippen LogP contribution in [0.1, 0.15) is 13.8 Å². The molecule has 0 fully saturated rings. The van der Waals surface area contributed by atoms with Gasteiger partial charge in [0.25, 0.3) is 5.91 Å². The normalized spacial score (nSPS) is 11.6. The number of likely N-dealkylation sites (N-methyl/N-ethyl adjacent to an activating group) is 1. The van der Waals surface area contributed by atoms with E-state index in [0.29, 0.717) is 13.1 Å². The molecule has 0 atom stereocenters.